The Labute approximate surface area is 108 Å². The highest BCUT2D eigenvalue weighted by Gasteiger charge is 2.13. The molecule has 0 saturated carbocycles. The van der Waals surface area contributed by atoms with Gasteiger partial charge in [0.25, 0.3) is 5.91 Å². The van der Waals surface area contributed by atoms with Gasteiger partial charge in [-0.05, 0) is 41.4 Å². The minimum absolute atomic E-state index is 0.0575. The molecule has 2 aromatic heterocycles. The predicted octanol–water partition coefficient (Wildman–Crippen LogP) is 1.31. The van der Waals surface area contributed by atoms with Crippen LogP contribution in [0.2, 0.25) is 0 Å². The summed E-state index contributed by atoms with van der Waals surface area (Å²) in [4.78, 5) is 11.9. The lowest BCUT2D eigenvalue weighted by molar-refractivity contribution is 0.0934. The molecule has 0 aliphatic rings. The molecule has 18 heavy (non-hydrogen) atoms. The quantitative estimate of drug-likeness (QED) is 0.571. The van der Waals surface area contributed by atoms with Gasteiger partial charge in [0.15, 0.2) is 11.5 Å². The van der Waals surface area contributed by atoms with Gasteiger partial charge < -0.3 is 10.7 Å². The maximum absolute atomic E-state index is 11.9. The lowest BCUT2D eigenvalue weighted by Gasteiger charge is -2.11. The highest BCUT2D eigenvalue weighted by atomic mass is 32.1. The third-order valence-electron chi connectivity index (χ3n) is 2.44. The zero-order valence-electron chi connectivity index (χ0n) is 9.75. The van der Waals surface area contributed by atoms with E-state index in [1.54, 1.807) is 23.5 Å². The number of amides is 1. The van der Waals surface area contributed by atoms with E-state index in [-0.39, 0.29) is 17.6 Å². The largest absolute Gasteiger partial charge is 0.344 e. The van der Waals surface area contributed by atoms with Crippen molar-refractivity contribution in [2.45, 2.75) is 13.0 Å². The Morgan fingerprint density at radius 1 is 1.39 bits per heavy atom. The van der Waals surface area contributed by atoms with Gasteiger partial charge in [-0.2, -0.15) is 11.3 Å². The Morgan fingerprint density at radius 3 is 2.78 bits per heavy atom. The van der Waals surface area contributed by atoms with Crippen LogP contribution in [0, 0.1) is 0 Å². The van der Waals surface area contributed by atoms with Gasteiger partial charge in [0.05, 0.1) is 6.04 Å². The van der Waals surface area contributed by atoms with Gasteiger partial charge in [-0.25, -0.2) is 5.84 Å². The Bertz CT molecular complexity index is 511. The summed E-state index contributed by atoms with van der Waals surface area (Å²) in [5.74, 6) is 5.32. The van der Waals surface area contributed by atoms with Crippen molar-refractivity contribution in [3.63, 3.8) is 0 Å². The summed E-state index contributed by atoms with van der Waals surface area (Å²) in [6.45, 7) is 1.92. The fourth-order valence-corrected chi connectivity index (χ4v) is 2.16. The van der Waals surface area contributed by atoms with Crippen molar-refractivity contribution in [3.8, 4) is 0 Å². The highest BCUT2D eigenvalue weighted by molar-refractivity contribution is 7.07. The van der Waals surface area contributed by atoms with E-state index in [0.717, 1.165) is 5.56 Å². The Morgan fingerprint density at radius 2 is 2.22 bits per heavy atom. The number of aromatic nitrogens is 2. The van der Waals surface area contributed by atoms with Gasteiger partial charge in [-0.3, -0.25) is 4.79 Å². The van der Waals surface area contributed by atoms with E-state index >= 15 is 0 Å². The van der Waals surface area contributed by atoms with Crippen LogP contribution in [0.15, 0.2) is 29.0 Å². The first-order chi connectivity index (χ1) is 8.70. The van der Waals surface area contributed by atoms with Crippen molar-refractivity contribution in [3.05, 3.63) is 40.2 Å². The number of nitrogen functional groups attached to an aromatic ring is 1. The van der Waals surface area contributed by atoms with Crippen LogP contribution < -0.4 is 16.6 Å². The van der Waals surface area contributed by atoms with E-state index in [2.05, 4.69) is 20.9 Å². The third-order valence-corrected chi connectivity index (χ3v) is 3.14. The van der Waals surface area contributed by atoms with E-state index < -0.39 is 0 Å². The summed E-state index contributed by atoms with van der Waals surface area (Å²) in [6.07, 6.45) is 0. The van der Waals surface area contributed by atoms with E-state index in [1.165, 1.54) is 0 Å². The molecule has 0 saturated heterocycles. The van der Waals surface area contributed by atoms with Gasteiger partial charge >= 0.3 is 0 Å². The second kappa shape index (κ2) is 5.56. The second-order valence-electron chi connectivity index (χ2n) is 3.70. The van der Waals surface area contributed by atoms with Crippen LogP contribution >= 0.6 is 11.3 Å². The number of rotatable bonds is 4. The number of hydrogen-bond acceptors (Lipinski definition) is 6. The topological polar surface area (TPSA) is 92.9 Å². The fraction of sp³-hybridized carbons (Fsp3) is 0.182. The first-order valence-electron chi connectivity index (χ1n) is 5.34. The van der Waals surface area contributed by atoms with Crippen LogP contribution in [-0.4, -0.2) is 16.1 Å². The first-order valence-corrected chi connectivity index (χ1v) is 6.28. The normalized spacial score (nSPS) is 11.9. The smallest absolute Gasteiger partial charge is 0.272 e. The molecule has 1 amide bonds. The van der Waals surface area contributed by atoms with Crippen LogP contribution in [0.4, 0.5) is 5.82 Å². The molecular formula is C11H13N5OS. The molecule has 2 rings (SSSR count). The number of hydrazine groups is 1. The molecule has 0 aromatic carbocycles. The molecule has 1 unspecified atom stereocenters. The second-order valence-corrected chi connectivity index (χ2v) is 4.48. The fourth-order valence-electron chi connectivity index (χ4n) is 1.41. The predicted molar refractivity (Wildman–Crippen MR) is 70.0 cm³/mol. The summed E-state index contributed by atoms with van der Waals surface area (Å²) >= 11 is 1.59. The summed E-state index contributed by atoms with van der Waals surface area (Å²) in [6, 6.07) is 5.08. The molecule has 0 radical (unpaired) electrons. The van der Waals surface area contributed by atoms with E-state index in [0.29, 0.717) is 5.82 Å². The number of thiophene rings is 1. The standard InChI is InChI=1S/C11H13N5OS/c1-7(8-4-5-18-6-8)13-11(17)9-2-3-10(14-12)16-15-9/h2-7H,12H2,1H3,(H,13,17)(H,14,16). The number of nitrogens with zero attached hydrogens (tertiary/aromatic N) is 2. The Balaban J connectivity index is 2.03. The number of nitrogens with two attached hydrogens (primary N) is 1. The van der Waals surface area contributed by atoms with Crippen molar-refractivity contribution in [1.82, 2.24) is 15.5 Å². The molecule has 1 atom stereocenters. The average Bonchev–Trinajstić information content (AvgIpc) is 2.92. The van der Waals surface area contributed by atoms with Crippen LogP contribution in [-0.2, 0) is 0 Å². The van der Waals surface area contributed by atoms with Gasteiger partial charge in [0.1, 0.15) is 0 Å². The number of hydrogen-bond donors (Lipinski definition) is 3. The molecule has 2 heterocycles. The van der Waals surface area contributed by atoms with Crippen LogP contribution in [0.3, 0.4) is 0 Å². The van der Waals surface area contributed by atoms with Crippen molar-refractivity contribution < 1.29 is 4.79 Å². The van der Waals surface area contributed by atoms with E-state index in [9.17, 15) is 4.79 Å². The molecule has 0 aliphatic heterocycles. The first kappa shape index (κ1) is 12.5. The van der Waals surface area contributed by atoms with Crippen molar-refractivity contribution in [1.29, 1.82) is 0 Å². The Hall–Kier alpha value is -1.99. The van der Waals surface area contributed by atoms with Crippen molar-refractivity contribution in [2.75, 3.05) is 5.43 Å². The number of anilines is 1. The monoisotopic (exact) mass is 263 g/mol. The molecular weight excluding hydrogens is 250 g/mol. The summed E-state index contributed by atoms with van der Waals surface area (Å²) in [5, 5.41) is 14.3. The maximum Gasteiger partial charge on any atom is 0.272 e. The van der Waals surface area contributed by atoms with Gasteiger partial charge in [-0.1, -0.05) is 0 Å². The van der Waals surface area contributed by atoms with E-state index in [4.69, 9.17) is 5.84 Å². The van der Waals surface area contributed by atoms with Crippen LogP contribution in [0.1, 0.15) is 29.0 Å². The number of carbonyl (C=O) groups excluding carboxylic acids is 1. The molecule has 4 N–H and O–H groups in total. The zero-order valence-corrected chi connectivity index (χ0v) is 10.6. The Kier molecular flexibility index (Phi) is 3.85. The van der Waals surface area contributed by atoms with Crippen molar-refractivity contribution in [2.24, 2.45) is 5.84 Å². The SMILES string of the molecule is CC(NC(=O)c1ccc(NN)nn1)c1ccsc1. The molecule has 0 aliphatic carbocycles. The van der Waals surface area contributed by atoms with Crippen molar-refractivity contribution >= 4 is 23.1 Å². The third kappa shape index (κ3) is 2.82. The number of nitrogens with one attached hydrogen (secondary N) is 2. The number of carbonyl (C=O) groups is 1. The molecule has 0 spiro atoms. The minimum Gasteiger partial charge on any atom is -0.344 e. The molecule has 6 nitrogen and oxygen atoms in total. The summed E-state index contributed by atoms with van der Waals surface area (Å²) in [7, 11) is 0. The summed E-state index contributed by atoms with van der Waals surface area (Å²) < 4.78 is 0. The lowest BCUT2D eigenvalue weighted by Crippen LogP contribution is -2.27. The molecule has 0 fully saturated rings. The lowest BCUT2D eigenvalue weighted by atomic mass is 10.2. The maximum atomic E-state index is 11.9. The molecule has 0 bridgehead atoms. The zero-order chi connectivity index (χ0) is 13.0. The highest BCUT2D eigenvalue weighted by Crippen LogP contribution is 2.15. The summed E-state index contributed by atoms with van der Waals surface area (Å²) in [5.41, 5.74) is 3.68. The van der Waals surface area contributed by atoms with E-state index in [1.807, 2.05) is 23.8 Å². The van der Waals surface area contributed by atoms with Gasteiger partial charge in [0.2, 0.25) is 0 Å². The van der Waals surface area contributed by atoms with Crippen LogP contribution in [0.5, 0.6) is 0 Å². The molecule has 94 valence electrons. The molecule has 2 aromatic rings. The van der Waals surface area contributed by atoms with Gasteiger partial charge in [-0.15, -0.1) is 10.2 Å². The van der Waals surface area contributed by atoms with Gasteiger partial charge in [0, 0.05) is 0 Å². The minimum atomic E-state index is -0.259. The van der Waals surface area contributed by atoms with Crippen LogP contribution in [0.25, 0.3) is 0 Å². The average molecular weight is 263 g/mol. The molecule has 7 heteroatoms.